The fraction of sp³-hybridized carbons (Fsp3) is 0.611. The van der Waals surface area contributed by atoms with Gasteiger partial charge in [0.15, 0.2) is 0 Å². The van der Waals surface area contributed by atoms with Crippen molar-refractivity contribution in [3.05, 3.63) is 30.3 Å². The smallest absolute Gasteiger partial charge is 0.452 e. The molecule has 0 spiro atoms. The van der Waals surface area contributed by atoms with Crippen molar-refractivity contribution < 1.29 is 24.0 Å². The fourth-order valence-electron chi connectivity index (χ4n) is 2.30. The van der Waals surface area contributed by atoms with Crippen molar-refractivity contribution in [2.24, 2.45) is 5.92 Å². The van der Waals surface area contributed by atoms with Crippen LogP contribution in [0.5, 0.6) is 5.75 Å². The van der Waals surface area contributed by atoms with Crippen molar-refractivity contribution >= 4 is 5.97 Å². The van der Waals surface area contributed by atoms with E-state index in [1.54, 1.807) is 24.3 Å². The van der Waals surface area contributed by atoms with E-state index in [9.17, 15) is 4.79 Å². The Morgan fingerprint density at radius 2 is 1.91 bits per heavy atom. The number of rotatable bonds is 9. The zero-order valence-electron chi connectivity index (χ0n) is 14.3. The molecule has 0 amide bonds. The first-order valence-corrected chi connectivity index (χ1v) is 8.23. The van der Waals surface area contributed by atoms with Crippen LogP contribution in [0.15, 0.2) is 30.3 Å². The highest BCUT2D eigenvalue weighted by atomic mass is 17.5. The predicted octanol–water partition coefficient (Wildman–Crippen LogP) is 4.22. The highest BCUT2D eigenvalue weighted by molar-refractivity contribution is 5.78. The summed E-state index contributed by atoms with van der Waals surface area (Å²) in [6, 6.07) is 8.91. The highest BCUT2D eigenvalue weighted by Gasteiger charge is 2.64. The van der Waals surface area contributed by atoms with Crippen LogP contribution in [0.4, 0.5) is 0 Å². The maximum absolute atomic E-state index is 12.4. The number of para-hydroxylation sites is 1. The molecule has 5 nitrogen and oxygen atoms in total. The van der Waals surface area contributed by atoms with Crippen LogP contribution in [-0.2, 0) is 19.3 Å². The van der Waals surface area contributed by atoms with Gasteiger partial charge in [-0.15, -0.1) is 9.78 Å². The topological polar surface area (TPSA) is 60.6 Å². The van der Waals surface area contributed by atoms with E-state index >= 15 is 0 Å². The Labute approximate surface area is 137 Å². The summed E-state index contributed by atoms with van der Waals surface area (Å²) in [5.74, 6) is -1.28. The van der Waals surface area contributed by atoms with Gasteiger partial charge in [-0.3, -0.25) is 0 Å². The van der Waals surface area contributed by atoms with Crippen molar-refractivity contribution in [2.45, 2.75) is 65.0 Å². The number of ether oxygens (including phenoxy) is 2. The molecule has 1 aromatic carbocycles. The minimum Gasteiger partial charge on any atom is -0.452 e. The first-order valence-electron chi connectivity index (χ1n) is 8.23. The van der Waals surface area contributed by atoms with Crippen molar-refractivity contribution in [1.82, 2.24) is 0 Å². The number of hydrogen-bond donors (Lipinski definition) is 0. The highest BCUT2D eigenvalue weighted by Crippen LogP contribution is 2.36. The number of carbonyl (C=O) groups is 1. The van der Waals surface area contributed by atoms with Crippen molar-refractivity contribution in [1.29, 1.82) is 0 Å². The third kappa shape index (κ3) is 4.94. The monoisotopic (exact) mass is 322 g/mol. The van der Waals surface area contributed by atoms with E-state index in [4.69, 9.17) is 19.2 Å². The van der Waals surface area contributed by atoms with Gasteiger partial charge >= 0.3 is 11.9 Å². The standard InChI is InChI=1S/C18H26O5/c1-5-17(4,13-9-10-14(2)3)21-16(19)18(22-23-18)20-15-11-7-6-8-12-15/h6-8,11-12,14H,5,9-10,13H2,1-4H3. The Hall–Kier alpha value is -1.59. The Bertz CT molecular complexity index is 509. The van der Waals surface area contributed by atoms with Crippen LogP contribution >= 0.6 is 0 Å². The van der Waals surface area contributed by atoms with Crippen molar-refractivity contribution in [2.75, 3.05) is 0 Å². The fourth-order valence-corrected chi connectivity index (χ4v) is 2.30. The Morgan fingerprint density at radius 1 is 1.26 bits per heavy atom. The van der Waals surface area contributed by atoms with Crippen LogP contribution in [0.25, 0.3) is 0 Å². The third-order valence-corrected chi connectivity index (χ3v) is 4.05. The molecule has 23 heavy (non-hydrogen) atoms. The van der Waals surface area contributed by atoms with Gasteiger partial charge in [-0.05, 0) is 44.2 Å². The van der Waals surface area contributed by atoms with E-state index in [0.717, 1.165) is 25.7 Å². The molecule has 1 aliphatic heterocycles. The molecule has 2 rings (SSSR count). The van der Waals surface area contributed by atoms with Crippen LogP contribution in [0.3, 0.4) is 0 Å². The van der Waals surface area contributed by atoms with E-state index in [0.29, 0.717) is 11.7 Å². The number of carbonyl (C=O) groups excluding carboxylic acids is 1. The molecule has 1 unspecified atom stereocenters. The molecule has 1 heterocycles. The average molecular weight is 322 g/mol. The van der Waals surface area contributed by atoms with Gasteiger partial charge in [-0.25, -0.2) is 4.79 Å². The Morgan fingerprint density at radius 3 is 2.43 bits per heavy atom. The second-order valence-electron chi connectivity index (χ2n) is 6.62. The van der Waals surface area contributed by atoms with Gasteiger partial charge in [0.2, 0.25) is 0 Å². The molecule has 1 aliphatic rings. The molecule has 0 saturated carbocycles. The molecule has 0 aromatic heterocycles. The molecule has 1 saturated heterocycles. The van der Waals surface area contributed by atoms with Gasteiger partial charge in [0.25, 0.3) is 0 Å². The van der Waals surface area contributed by atoms with E-state index < -0.39 is 17.5 Å². The lowest BCUT2D eigenvalue weighted by Crippen LogP contribution is -2.40. The van der Waals surface area contributed by atoms with Gasteiger partial charge in [-0.1, -0.05) is 45.4 Å². The maximum Gasteiger partial charge on any atom is 0.484 e. The molecule has 1 fully saturated rings. The summed E-state index contributed by atoms with van der Waals surface area (Å²) in [5.41, 5.74) is -0.547. The zero-order valence-corrected chi connectivity index (χ0v) is 14.3. The van der Waals surface area contributed by atoms with Crippen molar-refractivity contribution in [3.8, 4) is 5.75 Å². The van der Waals surface area contributed by atoms with E-state index in [1.165, 1.54) is 0 Å². The Balaban J connectivity index is 1.93. The summed E-state index contributed by atoms with van der Waals surface area (Å²) in [4.78, 5) is 22.0. The van der Waals surface area contributed by atoms with Gasteiger partial charge in [-0.2, -0.15) is 0 Å². The van der Waals surface area contributed by atoms with Crippen LogP contribution in [0.1, 0.15) is 53.4 Å². The molecule has 128 valence electrons. The lowest BCUT2D eigenvalue weighted by atomic mass is 9.93. The molecule has 5 heteroatoms. The summed E-state index contributed by atoms with van der Waals surface area (Å²) in [7, 11) is 0. The summed E-state index contributed by atoms with van der Waals surface area (Å²) < 4.78 is 11.1. The van der Waals surface area contributed by atoms with Crippen LogP contribution in [-0.4, -0.2) is 17.5 Å². The summed E-state index contributed by atoms with van der Waals surface area (Å²) >= 11 is 0. The summed E-state index contributed by atoms with van der Waals surface area (Å²) in [5, 5.41) is 0. The number of hydrogen-bond acceptors (Lipinski definition) is 5. The van der Waals surface area contributed by atoms with E-state index in [1.807, 2.05) is 19.9 Å². The summed E-state index contributed by atoms with van der Waals surface area (Å²) in [6.45, 7) is 8.31. The normalized spacial score (nSPS) is 18.3. The lowest BCUT2D eigenvalue weighted by molar-refractivity contribution is -0.180. The van der Waals surface area contributed by atoms with Crippen molar-refractivity contribution in [3.63, 3.8) is 0 Å². The van der Waals surface area contributed by atoms with Gasteiger partial charge in [0.05, 0.1) is 0 Å². The van der Waals surface area contributed by atoms with E-state index in [2.05, 4.69) is 13.8 Å². The first kappa shape index (κ1) is 17.8. The zero-order chi connectivity index (χ0) is 16.9. The second-order valence-corrected chi connectivity index (χ2v) is 6.62. The quantitative estimate of drug-likeness (QED) is 0.387. The first-order chi connectivity index (χ1) is 10.9. The Kier molecular flexibility index (Phi) is 5.65. The SMILES string of the molecule is CCC(C)(CCCC(C)C)OC(=O)C1(Oc2ccccc2)OO1. The molecular weight excluding hydrogens is 296 g/mol. The molecule has 1 atom stereocenters. The number of benzene rings is 1. The predicted molar refractivity (Wildman–Crippen MR) is 85.4 cm³/mol. The van der Waals surface area contributed by atoms with Gasteiger partial charge in [0, 0.05) is 0 Å². The van der Waals surface area contributed by atoms with Crippen LogP contribution in [0.2, 0.25) is 0 Å². The van der Waals surface area contributed by atoms with Gasteiger partial charge < -0.3 is 9.47 Å². The van der Waals surface area contributed by atoms with Crippen LogP contribution < -0.4 is 4.74 Å². The molecule has 0 bridgehead atoms. The molecule has 1 aromatic rings. The molecule has 0 N–H and O–H groups in total. The molecule has 0 radical (unpaired) electrons. The second kappa shape index (κ2) is 7.32. The minimum absolute atomic E-state index is 0.486. The lowest BCUT2D eigenvalue weighted by Gasteiger charge is -2.29. The average Bonchev–Trinajstić information content (AvgIpc) is 3.29. The summed E-state index contributed by atoms with van der Waals surface area (Å²) in [6.07, 6.45) is 3.63. The molecule has 0 aliphatic carbocycles. The minimum atomic E-state index is -1.75. The van der Waals surface area contributed by atoms with Crippen LogP contribution in [0, 0.1) is 5.92 Å². The number of esters is 1. The van der Waals surface area contributed by atoms with E-state index in [-0.39, 0.29) is 0 Å². The largest absolute Gasteiger partial charge is 0.484 e. The van der Waals surface area contributed by atoms with Gasteiger partial charge in [0.1, 0.15) is 11.4 Å². The third-order valence-electron chi connectivity index (χ3n) is 4.05. The maximum atomic E-state index is 12.4. The molecular formula is C18H26O5.